The van der Waals surface area contributed by atoms with E-state index in [1.165, 1.54) is 53.0 Å². The van der Waals surface area contributed by atoms with E-state index >= 15 is 0 Å². The van der Waals surface area contributed by atoms with Crippen LogP contribution in [0.1, 0.15) is 64.4 Å². The van der Waals surface area contributed by atoms with Crippen LogP contribution in [0.15, 0.2) is 62.4 Å². The first-order valence-electron chi connectivity index (χ1n) is 21.8. The van der Waals surface area contributed by atoms with Gasteiger partial charge in [0, 0.05) is 85.8 Å². The number of phenolic OH excluding ortho intramolecular Hbond substituents is 1. The van der Waals surface area contributed by atoms with E-state index in [1.54, 1.807) is 37.3 Å². The highest BCUT2D eigenvalue weighted by Crippen LogP contribution is 2.49. The van der Waals surface area contributed by atoms with Crippen molar-refractivity contribution in [2.45, 2.75) is 90.5 Å². The zero-order chi connectivity index (χ0) is 48.5. The number of likely N-dealkylation sites (N-methyl/N-ethyl adjacent to an activating group) is 1. The number of thioether (sulfide) groups is 1. The smallest absolute Gasteiger partial charge is 0.312 e. The molecule has 1 aromatic heterocycles. The summed E-state index contributed by atoms with van der Waals surface area (Å²) < 4.78 is 42.8. The molecule has 0 aliphatic carbocycles. The summed E-state index contributed by atoms with van der Waals surface area (Å²) in [5.41, 5.74) is -0.341. The van der Waals surface area contributed by atoms with Crippen LogP contribution in [0.4, 0.5) is 5.69 Å². The Labute approximate surface area is 388 Å². The third-order valence-corrected chi connectivity index (χ3v) is 13.4. The van der Waals surface area contributed by atoms with E-state index in [0.717, 1.165) is 0 Å². The second-order valence-electron chi connectivity index (χ2n) is 17.6. The Hall–Kier alpha value is -5.46. The molecule has 0 spiro atoms. The van der Waals surface area contributed by atoms with Crippen LogP contribution in [0, 0.1) is 30.6 Å². The molecule has 356 valence electrons. The minimum absolute atomic E-state index is 0.00250. The summed E-state index contributed by atoms with van der Waals surface area (Å²) in [7, 11) is 6.88. The highest BCUT2D eigenvalue weighted by molar-refractivity contribution is 7.98. The number of rotatable bonds is 8. The summed E-state index contributed by atoms with van der Waals surface area (Å²) in [6.07, 6.45) is 6.58. The number of carbonyl (C=O) groups excluding carboxylic acids is 3. The highest BCUT2D eigenvalue weighted by atomic mass is 32.2. The predicted molar refractivity (Wildman–Crippen MR) is 252 cm³/mol. The molecule has 0 saturated heterocycles. The number of anilines is 1. The topological polar surface area (TPSA) is 205 Å². The van der Waals surface area contributed by atoms with Crippen LogP contribution in [0.5, 0.6) is 17.2 Å². The number of aliphatic hydroxyl groups excluding tert-OH is 1. The van der Waals surface area contributed by atoms with Crippen molar-refractivity contribution >= 4 is 68.1 Å². The second-order valence-corrected chi connectivity index (χ2v) is 18.4. The molecule has 17 heteroatoms. The van der Waals surface area contributed by atoms with Crippen LogP contribution in [0.2, 0.25) is 0 Å². The quantitative estimate of drug-likeness (QED) is 0.0521. The molecule has 3 aliphatic rings. The number of carbonyl (C=O) groups is 3. The minimum Gasteiger partial charge on any atom is -0.505 e. The van der Waals surface area contributed by atoms with Gasteiger partial charge in [-0.2, -0.15) is 0 Å². The molecule has 5 bridgehead atoms. The number of phenols is 1. The number of hydrogen-bond donors (Lipinski definition) is 3. The van der Waals surface area contributed by atoms with Crippen LogP contribution in [-0.4, -0.2) is 116 Å². The number of Topliss-reactive ketones (excluding diaryl/α,β-unsaturated/α-hetero) is 1. The minimum atomic E-state index is -2.03. The zero-order valence-corrected chi connectivity index (χ0v) is 40.6. The summed E-state index contributed by atoms with van der Waals surface area (Å²) in [5, 5.41) is 26.2. The Balaban J connectivity index is 1.61. The molecule has 7 rings (SSSR count). The largest absolute Gasteiger partial charge is 0.505 e. The number of methoxy groups -OCH3 is 2. The number of ether oxygens (including phenoxy) is 6. The van der Waals surface area contributed by atoms with Crippen molar-refractivity contribution in [1.82, 2.24) is 9.88 Å². The van der Waals surface area contributed by atoms with Gasteiger partial charge in [0.2, 0.25) is 0 Å². The van der Waals surface area contributed by atoms with Gasteiger partial charge in [0.05, 0.1) is 35.5 Å². The van der Waals surface area contributed by atoms with Crippen molar-refractivity contribution in [2.75, 3.05) is 53.0 Å². The van der Waals surface area contributed by atoms with Crippen molar-refractivity contribution in [3.63, 3.8) is 0 Å². The van der Waals surface area contributed by atoms with Gasteiger partial charge in [0.25, 0.3) is 11.7 Å². The van der Waals surface area contributed by atoms with E-state index in [-0.39, 0.29) is 55.6 Å². The van der Waals surface area contributed by atoms with E-state index in [9.17, 15) is 29.4 Å². The lowest BCUT2D eigenvalue weighted by Gasteiger charge is -2.39. The average molecular weight is 932 g/mol. The number of hydrogen-bond acceptors (Lipinski definition) is 16. The van der Waals surface area contributed by atoms with Crippen molar-refractivity contribution in [1.29, 1.82) is 0 Å². The molecular weight excluding hydrogens is 871 g/mol. The van der Waals surface area contributed by atoms with Crippen molar-refractivity contribution in [3.8, 4) is 17.2 Å². The molecule has 9 atom stereocenters. The monoisotopic (exact) mass is 931 g/mol. The van der Waals surface area contributed by atoms with E-state index < -0.39 is 82.7 Å². The number of nitrogens with one attached hydrogen (secondary N) is 1. The number of ketones is 1. The third kappa shape index (κ3) is 9.54. The fourth-order valence-corrected chi connectivity index (χ4v) is 9.43. The van der Waals surface area contributed by atoms with Gasteiger partial charge in [0.1, 0.15) is 40.9 Å². The molecule has 0 unspecified atom stereocenters. The van der Waals surface area contributed by atoms with Crippen LogP contribution in [-0.2, 0) is 28.5 Å². The summed E-state index contributed by atoms with van der Waals surface area (Å²) in [5.74, 6) is -6.02. The van der Waals surface area contributed by atoms with E-state index in [2.05, 4.69) is 5.32 Å². The number of benzene rings is 3. The van der Waals surface area contributed by atoms with Crippen molar-refractivity contribution in [2.24, 2.45) is 23.7 Å². The molecule has 4 heterocycles. The first kappa shape index (κ1) is 50.0. The molecule has 0 fully saturated rings. The molecule has 0 saturated carbocycles. The number of aromatic nitrogens is 1. The van der Waals surface area contributed by atoms with Gasteiger partial charge in [-0.05, 0) is 46.3 Å². The molecule has 3 aromatic carbocycles. The van der Waals surface area contributed by atoms with Gasteiger partial charge >= 0.3 is 11.8 Å². The number of aliphatic hydroxyl groups is 1. The van der Waals surface area contributed by atoms with Crippen molar-refractivity contribution < 1.29 is 57.4 Å². The molecule has 66 heavy (non-hydrogen) atoms. The SMILES string of the molecule is CO[C@H]1[C@@H](C)[C@H](OC(C)=O)[C@H](C)[C@@H](OC)/C=C/O[C@@]2(C)Oc3c(C)c(=O)c4c(O)c(c5oc6cc(OCCN(C)C)cc(SC)c6nc5c4c3C2=O)NC(=O)/C(C)=C\C=C\[C@H](C)[C@H](O)[C@H]1C. The Bertz CT molecular complexity index is 2690. The summed E-state index contributed by atoms with van der Waals surface area (Å²) in [6.45, 7) is 14.2. The Kier molecular flexibility index (Phi) is 15.3. The molecule has 3 aliphatic heterocycles. The van der Waals surface area contributed by atoms with Crippen LogP contribution in [0.3, 0.4) is 0 Å². The average Bonchev–Trinajstić information content (AvgIpc) is 3.54. The second kappa shape index (κ2) is 20.2. The highest BCUT2D eigenvalue weighted by Gasteiger charge is 2.50. The summed E-state index contributed by atoms with van der Waals surface area (Å²) >= 11 is 1.37. The molecule has 1 amide bonds. The van der Waals surface area contributed by atoms with Gasteiger partial charge in [-0.3, -0.25) is 19.2 Å². The maximum Gasteiger partial charge on any atom is 0.312 e. The maximum atomic E-state index is 14.9. The number of amides is 1. The molecule has 4 aromatic rings. The van der Waals surface area contributed by atoms with Gasteiger partial charge in [-0.1, -0.05) is 45.9 Å². The lowest BCUT2D eigenvalue weighted by atomic mass is 9.78. The Morgan fingerprint density at radius 2 is 1.70 bits per heavy atom. The summed E-state index contributed by atoms with van der Waals surface area (Å²) in [4.78, 5) is 63.6. The Morgan fingerprint density at radius 1 is 0.985 bits per heavy atom. The number of aromatic hydroxyl groups is 1. The molecule has 0 radical (unpaired) electrons. The van der Waals surface area contributed by atoms with Crippen LogP contribution < -0.4 is 20.2 Å². The maximum absolute atomic E-state index is 14.9. The number of fused-ring (bicyclic) bond motifs is 14. The van der Waals surface area contributed by atoms with Crippen LogP contribution in [0.25, 0.3) is 33.0 Å². The summed E-state index contributed by atoms with van der Waals surface area (Å²) in [6, 6.07) is 3.46. The molecular formula is C49H61N3O13S. The number of allylic oxidation sites excluding steroid dienone is 2. The van der Waals surface area contributed by atoms with E-state index in [4.69, 9.17) is 37.8 Å². The van der Waals surface area contributed by atoms with E-state index in [1.807, 2.05) is 59.0 Å². The lowest BCUT2D eigenvalue weighted by Crippen LogP contribution is -2.47. The van der Waals surface area contributed by atoms with Crippen molar-refractivity contribution in [3.05, 3.63) is 69.6 Å². The van der Waals surface area contributed by atoms with Gasteiger partial charge in [0.15, 0.2) is 22.3 Å². The Morgan fingerprint density at radius 3 is 2.33 bits per heavy atom. The van der Waals surface area contributed by atoms with Gasteiger partial charge < -0.3 is 53.3 Å². The van der Waals surface area contributed by atoms with Gasteiger partial charge in [-0.25, -0.2) is 4.98 Å². The zero-order valence-electron chi connectivity index (χ0n) is 39.8. The molecule has 3 N–H and O–H groups in total. The third-order valence-electron chi connectivity index (χ3n) is 12.6. The fraction of sp³-hybridized carbons (Fsp3) is 0.490. The fourth-order valence-electron chi connectivity index (χ4n) is 8.85. The number of nitrogens with zero attached hydrogens (tertiary/aromatic N) is 2. The normalized spacial score (nSPS) is 28.3. The van der Waals surface area contributed by atoms with E-state index in [0.29, 0.717) is 29.3 Å². The molecule has 16 nitrogen and oxygen atoms in total. The lowest BCUT2D eigenvalue weighted by molar-refractivity contribution is -0.162. The first-order chi connectivity index (χ1) is 31.2. The number of esters is 1. The first-order valence-corrected chi connectivity index (χ1v) is 23.0. The standard InChI is InChI=1S/C49H61N3O13S/c1-23-15-14-16-24(2)48(58)51-39-42(56)35-34(38-46(39)64-32-21-30(61-20-18-52(9)10)22-33(66-13)37(32)50-38)36-45(27(5)41(35)55)65-49(8,47(36)57)62-19-17-31(59-11)25(3)44(63-29(7)53)28(6)43(60-12)26(4)40(23)54/h14-17,19,21-23,25-26,28,31,40,43-44,54,56H,18,20H2,1-13H3,(H,51,58)/b15-14+,19-17+,24-16-/t23-,25+,26+,28+,31-,40-,43+,44+,49-/m0/s1. The van der Waals surface area contributed by atoms with Gasteiger partial charge in [-0.15, -0.1) is 11.8 Å². The van der Waals surface area contributed by atoms with Crippen LogP contribution >= 0.6 is 11.8 Å². The predicted octanol–water partition coefficient (Wildman–Crippen LogP) is 7.31.